The van der Waals surface area contributed by atoms with E-state index < -0.39 is 0 Å². The SMILES string of the molecule is CC1=NN(c2ncc(NC(=O)[C@H]3CC(C)(C)c4c3cnc3cc(Cl)nn43)cc2Cl)NN1. The van der Waals surface area contributed by atoms with Gasteiger partial charge in [-0.3, -0.25) is 10.2 Å². The average Bonchev–Trinajstić information content (AvgIpc) is 3.36. The fraction of sp³-hybridized carbons (Fsp3) is 0.316. The zero-order valence-electron chi connectivity index (χ0n) is 16.9. The Labute approximate surface area is 187 Å². The Morgan fingerprint density at radius 3 is 2.77 bits per heavy atom. The zero-order valence-corrected chi connectivity index (χ0v) is 18.5. The molecule has 12 heteroatoms. The molecule has 1 atom stereocenters. The Balaban J connectivity index is 1.42. The molecule has 0 fully saturated rings. The summed E-state index contributed by atoms with van der Waals surface area (Å²) in [5.74, 6) is 0.546. The molecule has 3 N–H and O–H groups in total. The van der Waals surface area contributed by atoms with Crippen molar-refractivity contribution in [3.05, 3.63) is 46.0 Å². The second-order valence-corrected chi connectivity index (χ2v) is 8.99. The Kier molecular flexibility index (Phi) is 4.54. The van der Waals surface area contributed by atoms with Crippen molar-refractivity contribution < 1.29 is 4.79 Å². The molecule has 0 bridgehead atoms. The molecule has 0 radical (unpaired) electrons. The summed E-state index contributed by atoms with van der Waals surface area (Å²) in [4.78, 5) is 21.9. The van der Waals surface area contributed by atoms with Gasteiger partial charge in [-0.15, -0.1) is 10.6 Å². The first-order valence-electron chi connectivity index (χ1n) is 9.61. The molecule has 31 heavy (non-hydrogen) atoms. The highest BCUT2D eigenvalue weighted by atomic mass is 35.5. The second-order valence-electron chi connectivity index (χ2n) is 8.19. The average molecular weight is 460 g/mol. The van der Waals surface area contributed by atoms with Gasteiger partial charge in [0, 0.05) is 23.2 Å². The van der Waals surface area contributed by atoms with Crippen molar-refractivity contribution in [3.63, 3.8) is 0 Å². The first kappa shape index (κ1) is 20.0. The van der Waals surface area contributed by atoms with Crippen molar-refractivity contribution in [2.45, 2.75) is 38.5 Å². The molecule has 160 valence electrons. The van der Waals surface area contributed by atoms with Gasteiger partial charge in [0.05, 0.1) is 28.5 Å². The number of halogens is 2. The van der Waals surface area contributed by atoms with Gasteiger partial charge in [-0.2, -0.15) is 10.2 Å². The van der Waals surface area contributed by atoms with Crippen LogP contribution in [0.1, 0.15) is 44.4 Å². The Morgan fingerprint density at radius 2 is 2.06 bits per heavy atom. The molecule has 1 aliphatic carbocycles. The summed E-state index contributed by atoms with van der Waals surface area (Å²) < 4.78 is 1.73. The lowest BCUT2D eigenvalue weighted by Crippen LogP contribution is -2.38. The topological polar surface area (TPSA) is 112 Å². The fourth-order valence-corrected chi connectivity index (χ4v) is 4.54. The molecule has 0 aromatic carbocycles. The number of carbonyl (C=O) groups excluding carboxylic acids is 1. The molecule has 3 aromatic heterocycles. The minimum Gasteiger partial charge on any atom is -0.324 e. The van der Waals surface area contributed by atoms with E-state index in [0.717, 1.165) is 11.3 Å². The van der Waals surface area contributed by atoms with Gasteiger partial charge >= 0.3 is 0 Å². The Morgan fingerprint density at radius 1 is 1.26 bits per heavy atom. The largest absolute Gasteiger partial charge is 0.324 e. The maximum atomic E-state index is 13.2. The number of aromatic nitrogens is 4. The molecule has 1 aliphatic heterocycles. The first-order valence-corrected chi connectivity index (χ1v) is 10.4. The molecule has 5 rings (SSSR count). The van der Waals surface area contributed by atoms with Crippen LogP contribution in [-0.2, 0) is 10.2 Å². The van der Waals surface area contributed by atoms with E-state index in [9.17, 15) is 4.79 Å². The summed E-state index contributed by atoms with van der Waals surface area (Å²) in [7, 11) is 0. The second kappa shape index (κ2) is 7.04. The predicted molar refractivity (Wildman–Crippen MR) is 118 cm³/mol. The lowest BCUT2D eigenvalue weighted by atomic mass is 9.88. The smallest absolute Gasteiger partial charge is 0.232 e. The molecule has 3 aromatic rings. The Hall–Kier alpha value is -2.95. The van der Waals surface area contributed by atoms with Crippen LogP contribution in [0.15, 0.2) is 29.6 Å². The number of pyridine rings is 1. The van der Waals surface area contributed by atoms with Crippen molar-refractivity contribution >= 4 is 52.1 Å². The van der Waals surface area contributed by atoms with Gasteiger partial charge in [-0.1, -0.05) is 37.0 Å². The predicted octanol–water partition coefficient (Wildman–Crippen LogP) is 3.00. The summed E-state index contributed by atoms with van der Waals surface area (Å²) in [6, 6.07) is 3.35. The van der Waals surface area contributed by atoms with Crippen molar-refractivity contribution in [2.24, 2.45) is 5.10 Å². The first-order chi connectivity index (χ1) is 14.7. The van der Waals surface area contributed by atoms with Crippen LogP contribution in [0.3, 0.4) is 0 Å². The van der Waals surface area contributed by atoms with E-state index >= 15 is 0 Å². The number of hydrogen-bond acceptors (Lipinski definition) is 8. The van der Waals surface area contributed by atoms with E-state index in [2.05, 4.69) is 50.3 Å². The highest BCUT2D eigenvalue weighted by Crippen LogP contribution is 2.46. The number of rotatable bonds is 3. The van der Waals surface area contributed by atoms with Gasteiger partial charge in [0.15, 0.2) is 16.6 Å². The quantitative estimate of drug-likeness (QED) is 0.551. The van der Waals surface area contributed by atoms with Gasteiger partial charge in [0.25, 0.3) is 0 Å². The maximum absolute atomic E-state index is 13.2. The van der Waals surface area contributed by atoms with Gasteiger partial charge < -0.3 is 5.32 Å². The minimum atomic E-state index is -0.389. The van der Waals surface area contributed by atoms with Crippen molar-refractivity contribution in [1.29, 1.82) is 0 Å². The molecular weight excluding hydrogens is 441 g/mol. The number of carbonyl (C=O) groups is 1. The van der Waals surface area contributed by atoms with E-state index in [1.807, 2.05) is 0 Å². The summed E-state index contributed by atoms with van der Waals surface area (Å²) in [6.07, 6.45) is 3.89. The standard InChI is InChI=1S/C19H19Cl2N9O/c1-9-25-28-30(26-9)17-13(20)4-10(7-23-17)24-18(31)11-6-19(2,3)16-12(11)8-22-15-5-14(21)27-29(15)16/h4-5,7-8,11,28H,6H2,1-3H3,(H,24,31)(H,25,26)/t11-/m0/s1. The summed E-state index contributed by atoms with van der Waals surface area (Å²) in [5.41, 5.74) is 8.32. The summed E-state index contributed by atoms with van der Waals surface area (Å²) in [5, 5.41) is 13.6. The third kappa shape index (κ3) is 3.36. The number of hydrogen-bond donors (Lipinski definition) is 3. The van der Waals surface area contributed by atoms with Crippen molar-refractivity contribution in [2.75, 3.05) is 10.4 Å². The molecule has 0 saturated heterocycles. The molecule has 2 aliphatic rings. The lowest BCUT2D eigenvalue weighted by molar-refractivity contribution is -0.117. The van der Waals surface area contributed by atoms with Crippen LogP contribution in [0.4, 0.5) is 11.5 Å². The van der Waals surface area contributed by atoms with Gasteiger partial charge in [0.1, 0.15) is 5.84 Å². The van der Waals surface area contributed by atoms with Crippen LogP contribution in [0.25, 0.3) is 5.65 Å². The summed E-state index contributed by atoms with van der Waals surface area (Å²) >= 11 is 12.4. The zero-order chi connectivity index (χ0) is 21.9. The normalized spacial score (nSPS) is 19.3. The third-order valence-corrected chi connectivity index (χ3v) is 5.87. The number of amides is 1. The third-order valence-electron chi connectivity index (χ3n) is 5.41. The van der Waals surface area contributed by atoms with E-state index in [4.69, 9.17) is 23.2 Å². The van der Waals surface area contributed by atoms with Crippen LogP contribution < -0.4 is 21.4 Å². The van der Waals surface area contributed by atoms with Crippen LogP contribution in [-0.4, -0.2) is 31.3 Å². The number of amidine groups is 1. The maximum Gasteiger partial charge on any atom is 0.232 e. The van der Waals surface area contributed by atoms with Crippen LogP contribution >= 0.6 is 23.2 Å². The van der Waals surface area contributed by atoms with E-state index in [0.29, 0.717) is 39.6 Å². The fourth-order valence-electron chi connectivity index (χ4n) is 4.12. The lowest BCUT2D eigenvalue weighted by Gasteiger charge is -2.19. The van der Waals surface area contributed by atoms with Gasteiger partial charge in [-0.05, 0) is 19.4 Å². The number of hydrazine groups is 2. The van der Waals surface area contributed by atoms with Gasteiger partial charge in [-0.25, -0.2) is 14.5 Å². The highest BCUT2D eigenvalue weighted by Gasteiger charge is 2.43. The molecule has 1 amide bonds. The molecule has 4 heterocycles. The summed E-state index contributed by atoms with van der Waals surface area (Å²) in [6.45, 7) is 5.97. The molecule has 10 nitrogen and oxygen atoms in total. The van der Waals surface area contributed by atoms with Gasteiger partial charge in [0.2, 0.25) is 5.91 Å². The molecule has 0 saturated carbocycles. The van der Waals surface area contributed by atoms with E-state index in [1.54, 1.807) is 36.0 Å². The van der Waals surface area contributed by atoms with Crippen LogP contribution in [0.5, 0.6) is 0 Å². The van der Waals surface area contributed by atoms with E-state index in [1.165, 1.54) is 5.12 Å². The number of hydrazone groups is 1. The molecular formula is C19H19Cl2N9O. The Bertz CT molecular complexity index is 1250. The number of nitrogens with one attached hydrogen (secondary N) is 3. The number of fused-ring (bicyclic) bond motifs is 3. The number of anilines is 2. The monoisotopic (exact) mass is 459 g/mol. The van der Waals surface area contributed by atoms with Crippen molar-refractivity contribution in [3.8, 4) is 0 Å². The highest BCUT2D eigenvalue weighted by molar-refractivity contribution is 6.33. The minimum absolute atomic E-state index is 0.160. The number of nitrogens with zero attached hydrogens (tertiary/aromatic N) is 6. The van der Waals surface area contributed by atoms with Crippen LogP contribution in [0, 0.1) is 0 Å². The van der Waals surface area contributed by atoms with Crippen molar-refractivity contribution in [1.82, 2.24) is 30.5 Å². The van der Waals surface area contributed by atoms with Crippen LogP contribution in [0.2, 0.25) is 10.2 Å². The molecule has 0 spiro atoms. The molecule has 0 unspecified atom stereocenters. The van der Waals surface area contributed by atoms with E-state index in [-0.39, 0.29) is 17.2 Å².